The third-order valence-corrected chi connectivity index (χ3v) is 4.76. The smallest absolute Gasteiger partial charge is 0.349 e. The van der Waals surface area contributed by atoms with Gasteiger partial charge in [0, 0.05) is 10.0 Å². The normalized spacial score (nSPS) is 11.5. The van der Waals surface area contributed by atoms with Crippen LogP contribution >= 0.6 is 15.9 Å². The Morgan fingerprint density at radius 2 is 1.93 bits per heavy atom. The Balaban J connectivity index is 1.70. The van der Waals surface area contributed by atoms with Crippen LogP contribution in [0.25, 0.3) is 22.2 Å². The Bertz CT molecular complexity index is 1300. The van der Waals surface area contributed by atoms with Gasteiger partial charge in [-0.1, -0.05) is 34.1 Å². The number of fused-ring (bicyclic) bond motifs is 1. The van der Waals surface area contributed by atoms with Crippen LogP contribution in [0.15, 0.2) is 78.2 Å². The van der Waals surface area contributed by atoms with Crippen molar-refractivity contribution in [2.75, 3.05) is 0 Å². The van der Waals surface area contributed by atoms with Crippen LogP contribution in [0.2, 0.25) is 0 Å². The third kappa shape index (κ3) is 3.29. The second-order valence-electron chi connectivity index (χ2n) is 6.02. The van der Waals surface area contributed by atoms with Gasteiger partial charge in [-0.25, -0.2) is 4.79 Å². The fourth-order valence-corrected chi connectivity index (χ4v) is 3.45. The van der Waals surface area contributed by atoms with Crippen molar-refractivity contribution in [3.63, 3.8) is 0 Å². The minimum absolute atomic E-state index is 0.387. The molecule has 0 saturated carbocycles. The van der Waals surface area contributed by atoms with Crippen molar-refractivity contribution in [2.45, 2.75) is 6.92 Å². The summed E-state index contributed by atoms with van der Waals surface area (Å²) in [4.78, 5) is 27.2. The minimum atomic E-state index is -0.608. The average molecular weight is 424 g/mol. The van der Waals surface area contributed by atoms with Gasteiger partial charge in [0.25, 0.3) is 5.56 Å². The van der Waals surface area contributed by atoms with Gasteiger partial charge in [0.05, 0.1) is 17.1 Å². The molecule has 4 aromatic rings. The Kier molecular flexibility index (Phi) is 4.37. The maximum absolute atomic E-state index is 12.5. The van der Waals surface area contributed by atoms with Gasteiger partial charge in [-0.15, -0.1) is 4.68 Å². The van der Waals surface area contributed by atoms with Crippen molar-refractivity contribution < 1.29 is 4.42 Å². The van der Waals surface area contributed by atoms with Gasteiger partial charge in [0.15, 0.2) is 0 Å². The zero-order valence-corrected chi connectivity index (χ0v) is 15.9. The number of nitrogens with zero attached hydrogens (tertiary/aromatic N) is 2. The summed E-state index contributed by atoms with van der Waals surface area (Å²) in [7, 11) is 0. The Labute approximate surface area is 161 Å². The van der Waals surface area contributed by atoms with Crippen molar-refractivity contribution in [3.8, 4) is 11.3 Å². The molecule has 0 spiro atoms. The number of H-pyrrole nitrogens is 1. The molecule has 2 aromatic carbocycles. The predicted molar refractivity (Wildman–Crippen MR) is 108 cm³/mol. The molecule has 0 atom stereocenters. The molecule has 0 saturated heterocycles. The molecule has 0 radical (unpaired) electrons. The molecule has 0 amide bonds. The van der Waals surface area contributed by atoms with Crippen LogP contribution in [-0.2, 0) is 0 Å². The highest BCUT2D eigenvalue weighted by atomic mass is 79.9. The third-order valence-electron chi connectivity index (χ3n) is 4.10. The van der Waals surface area contributed by atoms with E-state index >= 15 is 0 Å². The van der Waals surface area contributed by atoms with Gasteiger partial charge < -0.3 is 9.40 Å². The molecule has 134 valence electrons. The van der Waals surface area contributed by atoms with Crippen molar-refractivity contribution in [2.24, 2.45) is 5.10 Å². The van der Waals surface area contributed by atoms with E-state index in [-0.39, 0.29) is 0 Å². The first-order chi connectivity index (χ1) is 13.0. The number of hydrogen-bond donors (Lipinski definition) is 1. The van der Waals surface area contributed by atoms with Crippen LogP contribution in [0.5, 0.6) is 0 Å². The van der Waals surface area contributed by atoms with E-state index in [2.05, 4.69) is 26.0 Å². The molecule has 0 aliphatic carbocycles. The number of rotatable bonds is 3. The van der Waals surface area contributed by atoms with Gasteiger partial charge in [-0.05, 0) is 48.9 Å². The number of benzene rings is 2. The lowest BCUT2D eigenvalue weighted by Gasteiger charge is -2.02. The maximum atomic E-state index is 12.5. The van der Waals surface area contributed by atoms with Gasteiger partial charge in [-0.3, -0.25) is 4.79 Å². The molecule has 0 aliphatic heterocycles. The maximum Gasteiger partial charge on any atom is 0.349 e. The van der Waals surface area contributed by atoms with Crippen LogP contribution in [0.3, 0.4) is 0 Å². The Hall–Kier alpha value is -3.19. The topological polar surface area (TPSA) is 80.4 Å². The van der Waals surface area contributed by atoms with E-state index < -0.39 is 11.2 Å². The Morgan fingerprint density at radius 1 is 1.11 bits per heavy atom. The van der Waals surface area contributed by atoms with Crippen molar-refractivity contribution in [3.05, 3.63) is 91.2 Å². The van der Waals surface area contributed by atoms with Gasteiger partial charge in [-0.2, -0.15) is 5.10 Å². The van der Waals surface area contributed by atoms with Crippen LogP contribution in [-0.4, -0.2) is 15.9 Å². The first-order valence-electron chi connectivity index (χ1n) is 8.18. The van der Waals surface area contributed by atoms with Crippen LogP contribution in [0, 0.1) is 6.92 Å². The summed E-state index contributed by atoms with van der Waals surface area (Å²) < 4.78 is 7.48. The summed E-state index contributed by atoms with van der Waals surface area (Å²) in [5.41, 5.74) is 1.42. The zero-order chi connectivity index (χ0) is 19.0. The lowest BCUT2D eigenvalue weighted by Crippen LogP contribution is -2.32. The minimum Gasteiger partial charge on any atom is -0.455 e. The van der Waals surface area contributed by atoms with Crippen molar-refractivity contribution >= 4 is 33.0 Å². The quantitative estimate of drug-likeness (QED) is 0.507. The number of hydrogen-bond acceptors (Lipinski definition) is 4. The summed E-state index contributed by atoms with van der Waals surface area (Å²) >= 11 is 3.53. The van der Waals surface area contributed by atoms with Crippen molar-refractivity contribution in [1.82, 2.24) is 9.66 Å². The molecule has 6 nitrogen and oxygen atoms in total. The molecule has 1 N–H and O–H groups in total. The largest absolute Gasteiger partial charge is 0.455 e. The lowest BCUT2D eigenvalue weighted by atomic mass is 10.1. The summed E-state index contributed by atoms with van der Waals surface area (Å²) in [5, 5.41) is 4.39. The molecule has 0 bridgehead atoms. The SMILES string of the molecule is Cc1ccc(-c2ccc(C=Nn3c(=O)[nH]c4ccccc4c3=O)o2)c(Br)c1. The molecule has 4 rings (SSSR count). The lowest BCUT2D eigenvalue weighted by molar-refractivity contribution is 0.573. The van der Waals surface area contributed by atoms with E-state index in [9.17, 15) is 9.59 Å². The van der Waals surface area contributed by atoms with Crippen LogP contribution < -0.4 is 11.2 Å². The number of aryl methyl sites for hydroxylation is 1. The van der Waals surface area contributed by atoms with E-state index in [1.54, 1.807) is 30.3 Å². The summed E-state index contributed by atoms with van der Waals surface area (Å²) in [6.45, 7) is 2.01. The van der Waals surface area contributed by atoms with Crippen LogP contribution in [0.4, 0.5) is 0 Å². The molecule has 0 aliphatic rings. The van der Waals surface area contributed by atoms with E-state index in [4.69, 9.17) is 4.42 Å². The predicted octanol–water partition coefficient (Wildman–Crippen LogP) is 3.90. The van der Waals surface area contributed by atoms with Gasteiger partial charge >= 0.3 is 5.69 Å². The van der Waals surface area contributed by atoms with Gasteiger partial charge in [0.1, 0.15) is 11.5 Å². The first kappa shape index (κ1) is 17.2. The number of furan rings is 1. The van der Waals surface area contributed by atoms with E-state index in [1.807, 2.05) is 31.2 Å². The molecule has 7 heteroatoms. The average Bonchev–Trinajstić information content (AvgIpc) is 3.10. The molecule has 2 aromatic heterocycles. The van der Waals surface area contributed by atoms with Crippen LogP contribution in [0.1, 0.15) is 11.3 Å². The highest BCUT2D eigenvalue weighted by Gasteiger charge is 2.09. The summed E-state index contributed by atoms with van der Waals surface area (Å²) in [5.74, 6) is 1.08. The zero-order valence-electron chi connectivity index (χ0n) is 14.3. The Morgan fingerprint density at radius 3 is 2.74 bits per heavy atom. The highest BCUT2D eigenvalue weighted by Crippen LogP contribution is 2.30. The van der Waals surface area contributed by atoms with Gasteiger partial charge in [0.2, 0.25) is 0 Å². The molecule has 2 heterocycles. The number of halogens is 1. The fraction of sp³-hybridized carbons (Fsp3) is 0.0500. The number of para-hydroxylation sites is 1. The van der Waals surface area contributed by atoms with E-state index in [1.165, 1.54) is 6.21 Å². The van der Waals surface area contributed by atoms with Crippen molar-refractivity contribution in [1.29, 1.82) is 0 Å². The summed E-state index contributed by atoms with van der Waals surface area (Å²) in [6.07, 6.45) is 1.34. The summed E-state index contributed by atoms with van der Waals surface area (Å²) in [6, 6.07) is 16.3. The number of nitrogens with one attached hydrogen (secondary N) is 1. The molecular formula is C20H14BrN3O3. The molecule has 27 heavy (non-hydrogen) atoms. The standard InChI is InChI=1S/C20H14BrN3O3/c1-12-6-8-14(16(21)10-12)18-9-7-13(27-18)11-22-24-19(25)15-4-2-3-5-17(15)23-20(24)26/h2-11H,1H3,(H,23,26). The van der Waals surface area contributed by atoms with E-state index in [0.29, 0.717) is 22.4 Å². The fourth-order valence-electron chi connectivity index (χ4n) is 2.76. The van der Waals surface area contributed by atoms with E-state index in [0.717, 1.165) is 20.3 Å². The molecule has 0 fully saturated rings. The molecular weight excluding hydrogens is 410 g/mol. The monoisotopic (exact) mass is 423 g/mol. The first-order valence-corrected chi connectivity index (χ1v) is 8.97. The highest BCUT2D eigenvalue weighted by molar-refractivity contribution is 9.10. The number of aromatic amines is 1. The second-order valence-corrected chi connectivity index (χ2v) is 6.88. The number of aromatic nitrogens is 2. The molecule has 0 unspecified atom stereocenters. The second kappa shape index (κ2) is 6.85.